The van der Waals surface area contributed by atoms with Gasteiger partial charge < -0.3 is 16.0 Å². The van der Waals surface area contributed by atoms with Gasteiger partial charge in [-0.15, -0.1) is 11.3 Å². The summed E-state index contributed by atoms with van der Waals surface area (Å²) in [5.74, 6) is -0.0755. The maximum Gasteiger partial charge on any atom is 0.319 e. The molecule has 0 aliphatic carbocycles. The number of hydrogen-bond donors (Lipinski definition) is 3. The van der Waals surface area contributed by atoms with E-state index in [-0.39, 0.29) is 18.0 Å². The highest BCUT2D eigenvalue weighted by Crippen LogP contribution is 2.11. The van der Waals surface area contributed by atoms with Crippen molar-refractivity contribution in [1.82, 2.24) is 10.6 Å². The first-order chi connectivity index (χ1) is 10.5. The Hall–Kier alpha value is -2.34. The largest absolute Gasteiger partial charge is 0.347 e. The van der Waals surface area contributed by atoms with Gasteiger partial charge in [-0.3, -0.25) is 4.79 Å². The van der Waals surface area contributed by atoms with Crippen molar-refractivity contribution in [3.8, 4) is 0 Å². The first-order valence-corrected chi connectivity index (χ1v) is 7.90. The maximum atomic E-state index is 11.8. The molecule has 116 valence electrons. The molecule has 0 aliphatic rings. The minimum atomic E-state index is -0.228. The Morgan fingerprint density at radius 1 is 1.14 bits per heavy atom. The van der Waals surface area contributed by atoms with E-state index in [0.29, 0.717) is 17.1 Å². The Balaban J connectivity index is 1.84. The van der Waals surface area contributed by atoms with Crippen molar-refractivity contribution in [2.24, 2.45) is 0 Å². The van der Waals surface area contributed by atoms with Crippen LogP contribution in [0.1, 0.15) is 29.1 Å². The summed E-state index contributed by atoms with van der Waals surface area (Å²) in [6, 6.07) is 10.9. The van der Waals surface area contributed by atoms with Crippen LogP contribution in [0.15, 0.2) is 41.8 Å². The molecule has 2 aromatic rings. The molecule has 0 aliphatic heterocycles. The average molecular weight is 317 g/mol. The molecule has 5 nitrogen and oxygen atoms in total. The van der Waals surface area contributed by atoms with Crippen molar-refractivity contribution in [3.05, 3.63) is 52.2 Å². The third kappa shape index (κ3) is 4.89. The zero-order valence-electron chi connectivity index (χ0n) is 12.6. The summed E-state index contributed by atoms with van der Waals surface area (Å²) in [6.07, 6.45) is 0. The molecule has 3 amide bonds. The van der Waals surface area contributed by atoms with E-state index >= 15 is 0 Å². The Bertz CT molecular complexity index is 621. The van der Waals surface area contributed by atoms with E-state index in [4.69, 9.17) is 0 Å². The van der Waals surface area contributed by atoms with E-state index < -0.39 is 0 Å². The highest BCUT2D eigenvalue weighted by molar-refractivity contribution is 7.12. The summed E-state index contributed by atoms with van der Waals surface area (Å²) >= 11 is 1.41. The van der Waals surface area contributed by atoms with E-state index in [2.05, 4.69) is 16.0 Å². The zero-order valence-corrected chi connectivity index (χ0v) is 13.4. The number of carbonyl (C=O) groups excluding carboxylic acids is 2. The van der Waals surface area contributed by atoms with Crippen LogP contribution in [-0.2, 0) is 6.54 Å². The molecular weight excluding hydrogens is 298 g/mol. The van der Waals surface area contributed by atoms with E-state index in [1.807, 2.05) is 49.6 Å². The lowest BCUT2D eigenvalue weighted by Gasteiger charge is -2.10. The summed E-state index contributed by atoms with van der Waals surface area (Å²) in [4.78, 5) is 24.1. The molecule has 1 aromatic carbocycles. The predicted octanol–water partition coefficient (Wildman–Crippen LogP) is 3.21. The van der Waals surface area contributed by atoms with Crippen molar-refractivity contribution < 1.29 is 9.59 Å². The van der Waals surface area contributed by atoms with Gasteiger partial charge in [0.1, 0.15) is 0 Å². The van der Waals surface area contributed by atoms with Crippen molar-refractivity contribution in [2.45, 2.75) is 26.4 Å². The summed E-state index contributed by atoms with van der Waals surface area (Å²) < 4.78 is 0. The number of hydrogen-bond acceptors (Lipinski definition) is 3. The smallest absolute Gasteiger partial charge is 0.319 e. The highest BCUT2D eigenvalue weighted by atomic mass is 32.1. The second-order valence-corrected chi connectivity index (χ2v) is 6.06. The molecule has 1 heterocycles. The fourth-order valence-corrected chi connectivity index (χ4v) is 2.45. The highest BCUT2D eigenvalue weighted by Gasteiger charge is 2.06. The molecule has 22 heavy (non-hydrogen) atoms. The van der Waals surface area contributed by atoms with Gasteiger partial charge in [-0.25, -0.2) is 4.79 Å². The van der Waals surface area contributed by atoms with Gasteiger partial charge in [0, 0.05) is 18.3 Å². The van der Waals surface area contributed by atoms with Gasteiger partial charge in [-0.2, -0.15) is 0 Å². The third-order valence-corrected chi connectivity index (χ3v) is 3.70. The zero-order chi connectivity index (χ0) is 15.9. The Kier molecular flexibility index (Phi) is 5.55. The average Bonchev–Trinajstić information content (AvgIpc) is 2.99. The lowest BCUT2D eigenvalue weighted by Crippen LogP contribution is -2.34. The minimum absolute atomic E-state index is 0.0755. The number of thiophene rings is 1. The van der Waals surface area contributed by atoms with Crippen LogP contribution in [-0.4, -0.2) is 18.0 Å². The second kappa shape index (κ2) is 7.61. The van der Waals surface area contributed by atoms with Crippen LogP contribution < -0.4 is 16.0 Å². The van der Waals surface area contributed by atoms with E-state index in [1.165, 1.54) is 11.3 Å². The Morgan fingerprint density at radius 3 is 2.45 bits per heavy atom. The molecule has 1 aromatic heterocycles. The number of benzene rings is 1. The van der Waals surface area contributed by atoms with Crippen LogP contribution in [0.4, 0.5) is 10.5 Å². The second-order valence-electron chi connectivity index (χ2n) is 5.11. The summed E-state index contributed by atoms with van der Waals surface area (Å²) in [6.45, 7) is 4.26. The van der Waals surface area contributed by atoms with Crippen molar-refractivity contribution in [3.63, 3.8) is 0 Å². The molecule has 3 N–H and O–H groups in total. The van der Waals surface area contributed by atoms with Gasteiger partial charge in [-0.1, -0.05) is 18.2 Å². The molecular formula is C16H19N3O2S. The topological polar surface area (TPSA) is 70.2 Å². The molecule has 0 fully saturated rings. The number of carbonyl (C=O) groups is 2. The molecule has 2 rings (SSSR count). The van der Waals surface area contributed by atoms with Crippen molar-refractivity contribution in [1.29, 1.82) is 0 Å². The van der Waals surface area contributed by atoms with Gasteiger partial charge >= 0.3 is 6.03 Å². The fourth-order valence-electron chi connectivity index (χ4n) is 1.81. The fraction of sp³-hybridized carbons (Fsp3) is 0.250. The molecule has 0 bridgehead atoms. The third-order valence-electron chi connectivity index (χ3n) is 2.83. The number of anilines is 1. The minimum Gasteiger partial charge on any atom is -0.347 e. The molecule has 0 atom stereocenters. The Labute approximate surface area is 133 Å². The van der Waals surface area contributed by atoms with Crippen LogP contribution >= 0.6 is 11.3 Å². The van der Waals surface area contributed by atoms with Gasteiger partial charge in [0.15, 0.2) is 0 Å². The normalized spacial score (nSPS) is 10.3. The lowest BCUT2D eigenvalue weighted by molar-refractivity contribution is 0.0955. The van der Waals surface area contributed by atoms with Gasteiger partial charge in [0.05, 0.1) is 4.88 Å². The monoisotopic (exact) mass is 317 g/mol. The van der Waals surface area contributed by atoms with Crippen LogP contribution in [0, 0.1) is 0 Å². The number of urea groups is 1. The number of nitrogens with one attached hydrogen (secondary N) is 3. The van der Waals surface area contributed by atoms with Gasteiger partial charge in [0.2, 0.25) is 0 Å². The number of amides is 3. The summed E-state index contributed by atoms with van der Waals surface area (Å²) in [7, 11) is 0. The number of rotatable bonds is 5. The van der Waals surface area contributed by atoms with Crippen molar-refractivity contribution in [2.75, 3.05) is 5.32 Å². The quantitative estimate of drug-likeness (QED) is 0.792. The standard InChI is InChI=1S/C16H19N3O2S/c1-11(2)18-16(21)19-13-7-5-12(6-8-13)10-17-15(20)14-4-3-9-22-14/h3-9,11H,10H2,1-2H3,(H,17,20)(H2,18,19,21). The summed E-state index contributed by atoms with van der Waals surface area (Å²) in [5.41, 5.74) is 1.69. The molecule has 0 radical (unpaired) electrons. The van der Waals surface area contributed by atoms with Gasteiger partial charge in [-0.05, 0) is 43.0 Å². The van der Waals surface area contributed by atoms with Crippen molar-refractivity contribution >= 4 is 29.0 Å². The Morgan fingerprint density at radius 2 is 1.86 bits per heavy atom. The van der Waals surface area contributed by atoms with Crippen LogP contribution in [0.5, 0.6) is 0 Å². The predicted molar refractivity (Wildman–Crippen MR) is 89.2 cm³/mol. The van der Waals surface area contributed by atoms with Crippen LogP contribution in [0.3, 0.4) is 0 Å². The van der Waals surface area contributed by atoms with E-state index in [1.54, 1.807) is 6.07 Å². The van der Waals surface area contributed by atoms with Gasteiger partial charge in [0.25, 0.3) is 5.91 Å². The van der Waals surface area contributed by atoms with Crippen LogP contribution in [0.2, 0.25) is 0 Å². The first kappa shape index (κ1) is 16.0. The molecule has 0 unspecified atom stereocenters. The van der Waals surface area contributed by atoms with E-state index in [9.17, 15) is 9.59 Å². The van der Waals surface area contributed by atoms with Crippen LogP contribution in [0.25, 0.3) is 0 Å². The van der Waals surface area contributed by atoms with E-state index in [0.717, 1.165) is 5.56 Å². The maximum absolute atomic E-state index is 11.8. The molecule has 0 spiro atoms. The molecule has 6 heteroatoms. The molecule has 0 saturated carbocycles. The lowest BCUT2D eigenvalue weighted by atomic mass is 10.2. The SMILES string of the molecule is CC(C)NC(=O)Nc1ccc(CNC(=O)c2cccs2)cc1. The first-order valence-electron chi connectivity index (χ1n) is 7.03. The summed E-state index contributed by atoms with van der Waals surface area (Å²) in [5, 5.41) is 10.2. The molecule has 0 saturated heterocycles.